The Morgan fingerprint density at radius 3 is 2.64 bits per heavy atom. The van der Waals surface area contributed by atoms with Crippen LogP contribution in [-0.4, -0.2) is 65.5 Å². The lowest BCUT2D eigenvalue weighted by atomic mass is 9.91. The van der Waals surface area contributed by atoms with Gasteiger partial charge in [-0.25, -0.2) is 4.79 Å². The Bertz CT molecular complexity index is 1120. The summed E-state index contributed by atoms with van der Waals surface area (Å²) in [5.41, 5.74) is 3.01. The summed E-state index contributed by atoms with van der Waals surface area (Å²) in [6, 6.07) is 14.9. The van der Waals surface area contributed by atoms with Crippen molar-refractivity contribution in [3.63, 3.8) is 0 Å². The molecule has 0 spiro atoms. The molecule has 1 amide bonds. The molecule has 11 heteroatoms. The van der Waals surface area contributed by atoms with Crippen molar-refractivity contribution in [1.82, 2.24) is 9.88 Å². The molecular formula is C25H26F3N3O5. The van der Waals surface area contributed by atoms with E-state index in [-0.39, 0.29) is 12.0 Å². The number of benzene rings is 1. The maximum absolute atomic E-state index is 12.8. The molecule has 2 aliphatic rings. The summed E-state index contributed by atoms with van der Waals surface area (Å²) < 4.78 is 43.5. The van der Waals surface area contributed by atoms with Crippen LogP contribution in [0.2, 0.25) is 0 Å². The van der Waals surface area contributed by atoms with Crippen LogP contribution < -0.4 is 0 Å². The lowest BCUT2D eigenvalue weighted by Crippen LogP contribution is -2.31. The van der Waals surface area contributed by atoms with Crippen LogP contribution in [0.25, 0.3) is 0 Å². The molecular weight excluding hydrogens is 479 g/mol. The summed E-state index contributed by atoms with van der Waals surface area (Å²) in [6.07, 6.45) is -4.07. The number of aryl methyl sites for hydroxylation is 1. The van der Waals surface area contributed by atoms with E-state index >= 15 is 0 Å². The molecule has 0 saturated carbocycles. The second kappa shape index (κ2) is 12.0. The minimum absolute atomic E-state index is 0.0272. The van der Waals surface area contributed by atoms with Gasteiger partial charge in [-0.05, 0) is 49.6 Å². The van der Waals surface area contributed by atoms with E-state index in [0.29, 0.717) is 49.3 Å². The molecule has 192 valence electrons. The van der Waals surface area contributed by atoms with E-state index < -0.39 is 12.1 Å². The zero-order valence-electron chi connectivity index (χ0n) is 19.6. The zero-order chi connectivity index (χ0) is 26.3. The number of amides is 1. The average molecular weight is 505 g/mol. The summed E-state index contributed by atoms with van der Waals surface area (Å²) in [4.78, 5) is 28.0. The molecule has 1 aromatic carbocycles. The molecule has 0 aliphatic carbocycles. The van der Waals surface area contributed by atoms with Crippen LogP contribution >= 0.6 is 0 Å². The summed E-state index contributed by atoms with van der Waals surface area (Å²) in [5.74, 6) is -2.04. The van der Waals surface area contributed by atoms with E-state index in [0.717, 1.165) is 24.4 Å². The molecule has 2 fully saturated rings. The van der Waals surface area contributed by atoms with Crippen LogP contribution in [0.3, 0.4) is 0 Å². The maximum Gasteiger partial charge on any atom is 0.490 e. The van der Waals surface area contributed by atoms with Gasteiger partial charge in [0.2, 0.25) is 0 Å². The Morgan fingerprint density at radius 2 is 1.97 bits per heavy atom. The number of carboxylic acid groups (broad SMARTS) is 1. The van der Waals surface area contributed by atoms with Crippen molar-refractivity contribution < 1.29 is 37.3 Å². The molecule has 0 radical (unpaired) electrons. The summed E-state index contributed by atoms with van der Waals surface area (Å²) >= 11 is 0. The number of nitriles is 1. The number of likely N-dealkylation sites (tertiary alicyclic amines) is 1. The predicted octanol–water partition coefficient (Wildman–Crippen LogP) is 3.59. The van der Waals surface area contributed by atoms with Gasteiger partial charge in [0, 0.05) is 36.9 Å². The highest BCUT2D eigenvalue weighted by atomic mass is 19.4. The van der Waals surface area contributed by atoms with Gasteiger partial charge in [-0.1, -0.05) is 12.1 Å². The van der Waals surface area contributed by atoms with E-state index in [1.54, 1.807) is 24.3 Å². The fraction of sp³-hybridized carbons (Fsp3) is 0.440. The van der Waals surface area contributed by atoms with Crippen LogP contribution in [0.5, 0.6) is 0 Å². The van der Waals surface area contributed by atoms with E-state index in [9.17, 15) is 18.0 Å². The Labute approximate surface area is 206 Å². The minimum Gasteiger partial charge on any atom is -0.475 e. The number of rotatable bonds is 6. The van der Waals surface area contributed by atoms with Gasteiger partial charge in [0.1, 0.15) is 0 Å². The predicted molar refractivity (Wildman–Crippen MR) is 121 cm³/mol. The number of ether oxygens (including phenoxy) is 2. The normalized spacial score (nSPS) is 20.8. The standard InChI is InChI=1S/C23H25N3O3.C2HF3O2/c1-16-4-2-7-20(25-16)15-28-9-8-19-14-29-22-13-26(12-21(19)22)23(27)18-6-3-5-17(10-18)11-24;3-2(4,5)1(6)7/h2-7,10,19,21-22H,8-9,12-15H2,1H3;(H,6,7)/t19-,21-,22-;/m0./s1. The molecule has 3 atom stereocenters. The Morgan fingerprint density at radius 1 is 1.25 bits per heavy atom. The number of hydrogen-bond donors (Lipinski definition) is 1. The molecule has 0 bridgehead atoms. The van der Waals surface area contributed by atoms with Crippen molar-refractivity contribution in [3.8, 4) is 6.07 Å². The van der Waals surface area contributed by atoms with Gasteiger partial charge >= 0.3 is 12.1 Å². The monoisotopic (exact) mass is 505 g/mol. The van der Waals surface area contributed by atoms with Gasteiger partial charge in [0.05, 0.1) is 36.6 Å². The van der Waals surface area contributed by atoms with Crippen molar-refractivity contribution >= 4 is 11.9 Å². The molecule has 4 rings (SSSR count). The first-order valence-corrected chi connectivity index (χ1v) is 11.3. The molecule has 2 aliphatic heterocycles. The van der Waals surface area contributed by atoms with Gasteiger partial charge in [-0.15, -0.1) is 0 Å². The van der Waals surface area contributed by atoms with Crippen molar-refractivity contribution in [1.29, 1.82) is 5.26 Å². The van der Waals surface area contributed by atoms with Crippen molar-refractivity contribution in [2.75, 3.05) is 26.3 Å². The van der Waals surface area contributed by atoms with Crippen molar-refractivity contribution in [2.24, 2.45) is 11.8 Å². The zero-order valence-corrected chi connectivity index (χ0v) is 19.6. The SMILES string of the molecule is Cc1cccc(COCC[C@H]2CO[C@H]3CN(C(=O)c4cccc(C#N)c4)C[C@@H]23)n1.O=C(O)C(F)(F)F. The van der Waals surface area contributed by atoms with Crippen molar-refractivity contribution in [2.45, 2.75) is 32.2 Å². The number of nitrogens with zero attached hydrogens (tertiary/aromatic N) is 3. The first kappa shape index (κ1) is 27.1. The molecule has 36 heavy (non-hydrogen) atoms. The van der Waals surface area contributed by atoms with Gasteiger partial charge in [-0.2, -0.15) is 18.4 Å². The van der Waals surface area contributed by atoms with Crippen LogP contribution in [0, 0.1) is 30.1 Å². The molecule has 2 saturated heterocycles. The second-order valence-electron chi connectivity index (χ2n) is 8.61. The number of pyridine rings is 1. The van der Waals surface area contributed by atoms with E-state index in [1.165, 1.54) is 0 Å². The quantitative estimate of drug-likeness (QED) is 0.597. The van der Waals surface area contributed by atoms with Crippen molar-refractivity contribution in [3.05, 3.63) is 65.0 Å². The molecule has 2 aromatic rings. The number of carboxylic acids is 1. The van der Waals surface area contributed by atoms with Gasteiger partial charge in [-0.3, -0.25) is 9.78 Å². The summed E-state index contributed by atoms with van der Waals surface area (Å²) in [7, 11) is 0. The highest BCUT2D eigenvalue weighted by molar-refractivity contribution is 5.94. The van der Waals surface area contributed by atoms with Crippen LogP contribution in [0.1, 0.15) is 33.7 Å². The lowest BCUT2D eigenvalue weighted by molar-refractivity contribution is -0.192. The average Bonchev–Trinajstić information content (AvgIpc) is 3.43. The molecule has 0 unspecified atom stereocenters. The van der Waals surface area contributed by atoms with E-state index in [1.807, 2.05) is 30.0 Å². The number of alkyl halides is 3. The fourth-order valence-electron chi connectivity index (χ4n) is 4.26. The number of carbonyl (C=O) groups excluding carboxylic acids is 1. The van der Waals surface area contributed by atoms with Gasteiger partial charge in [0.15, 0.2) is 0 Å². The first-order valence-electron chi connectivity index (χ1n) is 11.3. The number of carbonyl (C=O) groups is 2. The number of fused-ring (bicyclic) bond motifs is 1. The minimum atomic E-state index is -5.08. The largest absolute Gasteiger partial charge is 0.490 e. The third-order valence-electron chi connectivity index (χ3n) is 6.04. The number of aromatic nitrogens is 1. The summed E-state index contributed by atoms with van der Waals surface area (Å²) in [6.45, 7) is 5.19. The maximum atomic E-state index is 12.8. The number of aliphatic carboxylic acids is 1. The summed E-state index contributed by atoms with van der Waals surface area (Å²) in [5, 5.41) is 16.2. The molecule has 8 nitrogen and oxygen atoms in total. The van der Waals surface area contributed by atoms with Crippen LogP contribution in [-0.2, 0) is 20.9 Å². The third-order valence-corrected chi connectivity index (χ3v) is 6.04. The molecule has 1 aromatic heterocycles. The highest BCUT2D eigenvalue weighted by Crippen LogP contribution is 2.36. The van der Waals surface area contributed by atoms with Crippen LogP contribution in [0.4, 0.5) is 13.2 Å². The highest BCUT2D eigenvalue weighted by Gasteiger charge is 2.45. The van der Waals surface area contributed by atoms with Gasteiger partial charge in [0.25, 0.3) is 5.91 Å². The Hall–Kier alpha value is -3.49. The Kier molecular flexibility index (Phi) is 9.01. The number of halogens is 3. The second-order valence-corrected chi connectivity index (χ2v) is 8.61. The molecule has 3 heterocycles. The molecule has 1 N–H and O–H groups in total. The lowest BCUT2D eigenvalue weighted by Gasteiger charge is -2.20. The topological polar surface area (TPSA) is 113 Å². The first-order chi connectivity index (χ1) is 17.1. The smallest absolute Gasteiger partial charge is 0.475 e. The van der Waals surface area contributed by atoms with E-state index in [2.05, 4.69) is 11.1 Å². The van der Waals surface area contributed by atoms with Crippen LogP contribution in [0.15, 0.2) is 42.5 Å². The van der Waals surface area contributed by atoms with Gasteiger partial charge < -0.3 is 19.5 Å². The Balaban J connectivity index is 0.000000454. The fourth-order valence-corrected chi connectivity index (χ4v) is 4.26. The number of hydrogen-bond acceptors (Lipinski definition) is 6. The van der Waals surface area contributed by atoms with E-state index in [4.69, 9.17) is 24.6 Å². The third kappa shape index (κ3) is 7.26.